The van der Waals surface area contributed by atoms with E-state index in [9.17, 15) is 9.59 Å². The summed E-state index contributed by atoms with van der Waals surface area (Å²) in [4.78, 5) is 25.5. The Kier molecular flexibility index (Phi) is 1.76. The van der Waals surface area contributed by atoms with E-state index in [0.717, 1.165) is 12.8 Å². The zero-order valence-corrected chi connectivity index (χ0v) is 9.54. The molecule has 1 amide bonds. The highest BCUT2D eigenvalue weighted by atomic mass is 35.5. The van der Waals surface area contributed by atoms with Gasteiger partial charge in [-0.2, -0.15) is 0 Å². The number of amides is 1. The lowest BCUT2D eigenvalue weighted by atomic mass is 10.1. The van der Waals surface area contributed by atoms with Gasteiger partial charge >= 0.3 is 0 Å². The molecule has 1 heterocycles. The molecule has 82 valence electrons. The van der Waals surface area contributed by atoms with Crippen molar-refractivity contribution in [1.29, 1.82) is 0 Å². The third-order valence-electron chi connectivity index (χ3n) is 3.33. The first kappa shape index (κ1) is 9.85. The van der Waals surface area contributed by atoms with Gasteiger partial charge in [-0.25, -0.2) is 0 Å². The van der Waals surface area contributed by atoms with E-state index in [1.807, 2.05) is 0 Å². The first-order chi connectivity index (χ1) is 7.56. The molecule has 0 aromatic heterocycles. The molecule has 0 bridgehead atoms. The second-order valence-corrected chi connectivity index (χ2v) is 4.81. The highest BCUT2D eigenvalue weighted by molar-refractivity contribution is 6.32. The number of anilines is 1. The smallest absolute Gasteiger partial charge is 0.224 e. The summed E-state index contributed by atoms with van der Waals surface area (Å²) in [6, 6.07) is 5.12. The molecule has 1 fully saturated rings. The van der Waals surface area contributed by atoms with Crippen LogP contribution in [0, 0.1) is 0 Å². The minimum atomic E-state index is -0.571. The summed E-state index contributed by atoms with van der Waals surface area (Å²) >= 11 is 5.87. The highest BCUT2D eigenvalue weighted by Crippen LogP contribution is 2.53. The molecular formula is C12H10ClNO2. The van der Waals surface area contributed by atoms with E-state index < -0.39 is 5.54 Å². The van der Waals surface area contributed by atoms with Gasteiger partial charge in [0.05, 0.1) is 5.69 Å². The summed E-state index contributed by atoms with van der Waals surface area (Å²) in [6.45, 7) is 1.50. The first-order valence-corrected chi connectivity index (χ1v) is 5.59. The Morgan fingerprint density at radius 3 is 2.69 bits per heavy atom. The Labute approximate surface area is 98.0 Å². The van der Waals surface area contributed by atoms with Crippen molar-refractivity contribution in [3.8, 4) is 0 Å². The fourth-order valence-corrected chi connectivity index (χ4v) is 2.68. The Morgan fingerprint density at radius 1 is 1.44 bits per heavy atom. The second-order valence-electron chi connectivity index (χ2n) is 4.38. The van der Waals surface area contributed by atoms with Crippen molar-refractivity contribution < 1.29 is 9.59 Å². The Balaban J connectivity index is 2.23. The lowest BCUT2D eigenvalue weighted by Crippen LogP contribution is -2.40. The maximum absolute atomic E-state index is 12.2. The van der Waals surface area contributed by atoms with Crippen LogP contribution in [0.25, 0.3) is 0 Å². The number of halogens is 1. The van der Waals surface area contributed by atoms with Crippen LogP contribution in [-0.2, 0) is 4.79 Å². The zero-order valence-electron chi connectivity index (χ0n) is 8.79. The van der Waals surface area contributed by atoms with Gasteiger partial charge in [0.1, 0.15) is 5.54 Å². The molecular weight excluding hydrogens is 226 g/mol. The molecule has 0 atom stereocenters. The fraction of sp³-hybridized carbons (Fsp3) is 0.333. The number of fused-ring (bicyclic) bond motifs is 1. The standard InChI is InChI=1S/C12H10ClNO2/c1-7(15)14-10-3-2-8(13)6-9(10)11(16)12(14)4-5-12/h2-3,6H,4-5H2,1H3. The lowest BCUT2D eigenvalue weighted by molar-refractivity contribution is -0.116. The van der Waals surface area contributed by atoms with E-state index in [-0.39, 0.29) is 11.7 Å². The number of carbonyl (C=O) groups is 2. The van der Waals surface area contributed by atoms with E-state index in [4.69, 9.17) is 11.6 Å². The average molecular weight is 236 g/mol. The summed E-state index contributed by atoms with van der Waals surface area (Å²) in [5.74, 6) is -0.0351. The van der Waals surface area contributed by atoms with Crippen LogP contribution < -0.4 is 4.90 Å². The van der Waals surface area contributed by atoms with Gasteiger partial charge in [-0.15, -0.1) is 0 Å². The summed E-state index contributed by atoms with van der Waals surface area (Å²) < 4.78 is 0. The van der Waals surface area contributed by atoms with Crippen LogP contribution in [0.3, 0.4) is 0 Å². The van der Waals surface area contributed by atoms with Crippen LogP contribution >= 0.6 is 11.6 Å². The normalized spacial score (nSPS) is 20.1. The Morgan fingerprint density at radius 2 is 2.12 bits per heavy atom. The van der Waals surface area contributed by atoms with E-state index >= 15 is 0 Å². The third kappa shape index (κ3) is 1.04. The van der Waals surface area contributed by atoms with Crippen LogP contribution in [0.2, 0.25) is 5.02 Å². The maximum atomic E-state index is 12.2. The minimum Gasteiger partial charge on any atom is -0.298 e. The zero-order chi connectivity index (χ0) is 11.5. The quantitative estimate of drug-likeness (QED) is 0.693. The topological polar surface area (TPSA) is 37.4 Å². The number of rotatable bonds is 0. The lowest BCUT2D eigenvalue weighted by Gasteiger charge is -2.21. The predicted molar refractivity (Wildman–Crippen MR) is 60.9 cm³/mol. The minimum absolute atomic E-state index is 0.0419. The molecule has 3 nitrogen and oxygen atoms in total. The Bertz CT molecular complexity index is 520. The van der Waals surface area contributed by atoms with Crippen molar-refractivity contribution in [3.05, 3.63) is 28.8 Å². The number of nitrogens with zero attached hydrogens (tertiary/aromatic N) is 1. The summed E-state index contributed by atoms with van der Waals surface area (Å²) in [5, 5.41) is 0.535. The average Bonchev–Trinajstić information content (AvgIpc) is 2.95. The molecule has 1 spiro atoms. The fourth-order valence-electron chi connectivity index (χ4n) is 2.51. The van der Waals surface area contributed by atoms with Crippen LogP contribution in [-0.4, -0.2) is 17.2 Å². The summed E-state index contributed by atoms with van der Waals surface area (Å²) in [7, 11) is 0. The second kappa shape index (κ2) is 2.86. The molecule has 3 rings (SSSR count). The molecule has 16 heavy (non-hydrogen) atoms. The maximum Gasteiger partial charge on any atom is 0.224 e. The third-order valence-corrected chi connectivity index (χ3v) is 3.57. The van der Waals surface area contributed by atoms with Crippen molar-refractivity contribution in [1.82, 2.24) is 0 Å². The molecule has 1 aliphatic carbocycles. The largest absolute Gasteiger partial charge is 0.298 e. The van der Waals surface area contributed by atoms with Gasteiger partial charge in [0.15, 0.2) is 5.78 Å². The van der Waals surface area contributed by atoms with Crippen LogP contribution in [0.4, 0.5) is 5.69 Å². The number of ketones is 1. The monoisotopic (exact) mass is 235 g/mol. The number of hydrogen-bond donors (Lipinski definition) is 0. The van der Waals surface area contributed by atoms with Crippen LogP contribution in [0.1, 0.15) is 30.1 Å². The van der Waals surface area contributed by atoms with Crippen LogP contribution in [0.5, 0.6) is 0 Å². The molecule has 2 aliphatic rings. The van der Waals surface area contributed by atoms with Gasteiger partial charge in [0.25, 0.3) is 0 Å². The van der Waals surface area contributed by atoms with Gasteiger partial charge in [0, 0.05) is 17.5 Å². The van der Waals surface area contributed by atoms with E-state index in [1.54, 1.807) is 23.1 Å². The van der Waals surface area contributed by atoms with Crippen molar-refractivity contribution in [2.24, 2.45) is 0 Å². The van der Waals surface area contributed by atoms with Gasteiger partial charge in [0.2, 0.25) is 5.91 Å². The highest BCUT2D eigenvalue weighted by Gasteiger charge is 2.61. The van der Waals surface area contributed by atoms with Gasteiger partial charge in [-0.05, 0) is 31.0 Å². The van der Waals surface area contributed by atoms with E-state index in [0.29, 0.717) is 16.3 Å². The number of Topliss-reactive ketones (excluding diaryl/α,β-unsaturated/α-hetero) is 1. The predicted octanol–water partition coefficient (Wildman–Crippen LogP) is 2.42. The molecule has 1 saturated carbocycles. The number of carbonyl (C=O) groups excluding carboxylic acids is 2. The van der Waals surface area contributed by atoms with Crippen LogP contribution in [0.15, 0.2) is 18.2 Å². The molecule has 0 radical (unpaired) electrons. The van der Waals surface area contributed by atoms with Crippen molar-refractivity contribution in [2.45, 2.75) is 25.3 Å². The first-order valence-electron chi connectivity index (χ1n) is 5.21. The Hall–Kier alpha value is -1.35. The van der Waals surface area contributed by atoms with Gasteiger partial charge in [-0.1, -0.05) is 11.6 Å². The van der Waals surface area contributed by atoms with Crippen molar-refractivity contribution >= 4 is 29.0 Å². The number of hydrogen-bond acceptors (Lipinski definition) is 2. The molecule has 0 N–H and O–H groups in total. The molecule has 1 aromatic carbocycles. The van der Waals surface area contributed by atoms with Gasteiger partial charge in [-0.3, -0.25) is 14.5 Å². The molecule has 0 saturated heterocycles. The van der Waals surface area contributed by atoms with E-state index in [1.165, 1.54) is 6.92 Å². The summed E-state index contributed by atoms with van der Waals surface area (Å²) in [5.41, 5.74) is 0.721. The molecule has 4 heteroatoms. The van der Waals surface area contributed by atoms with Crippen molar-refractivity contribution in [2.75, 3.05) is 4.90 Å². The van der Waals surface area contributed by atoms with Crippen molar-refractivity contribution in [3.63, 3.8) is 0 Å². The van der Waals surface area contributed by atoms with Gasteiger partial charge < -0.3 is 0 Å². The molecule has 0 unspecified atom stereocenters. The molecule has 1 aliphatic heterocycles. The molecule has 1 aromatic rings. The SMILES string of the molecule is CC(=O)N1c2ccc(Cl)cc2C(=O)C12CC2. The summed E-state index contributed by atoms with van der Waals surface area (Å²) in [6.07, 6.45) is 1.52. The number of benzene rings is 1. The van der Waals surface area contributed by atoms with E-state index in [2.05, 4.69) is 0 Å².